The Bertz CT molecular complexity index is 1580. The van der Waals surface area contributed by atoms with Gasteiger partial charge in [0.15, 0.2) is 16.5 Å². The Morgan fingerprint density at radius 3 is 2.64 bits per heavy atom. The van der Waals surface area contributed by atoms with Crippen LogP contribution in [0, 0.1) is 5.82 Å². The number of aromatic nitrogens is 2. The number of nitrogens with zero attached hydrogens (tertiary/aromatic N) is 2. The lowest BCUT2D eigenvalue weighted by Crippen LogP contribution is -2.22. The lowest BCUT2D eigenvalue weighted by Gasteiger charge is -2.14. The van der Waals surface area contributed by atoms with Crippen molar-refractivity contribution in [3.8, 4) is 11.5 Å². The molecule has 0 unspecified atom stereocenters. The lowest BCUT2D eigenvalue weighted by atomic mass is 10.2. The van der Waals surface area contributed by atoms with Crippen molar-refractivity contribution in [3.63, 3.8) is 0 Å². The number of rotatable bonds is 6. The topological polar surface area (TPSA) is 52.8 Å². The molecule has 3 aromatic carbocycles. The number of ether oxygens (including phenoxy) is 2. The molecule has 0 fully saturated rings. The van der Waals surface area contributed by atoms with Gasteiger partial charge >= 0.3 is 0 Å². The van der Waals surface area contributed by atoms with E-state index in [-0.39, 0.29) is 18.0 Å². The predicted octanol–water partition coefficient (Wildman–Crippen LogP) is 5.34. The Kier molecular flexibility index (Phi) is 5.86. The summed E-state index contributed by atoms with van der Waals surface area (Å²) in [6.45, 7) is 2.62. The molecule has 2 aromatic heterocycles. The molecule has 0 N–H and O–H groups in total. The summed E-state index contributed by atoms with van der Waals surface area (Å²) in [6.07, 6.45) is 1.83. The number of halogens is 2. The zero-order valence-corrected chi connectivity index (χ0v) is 20.0. The van der Waals surface area contributed by atoms with E-state index in [9.17, 15) is 9.18 Å². The van der Waals surface area contributed by atoms with E-state index >= 15 is 0 Å². The minimum atomic E-state index is -0.289. The molecule has 0 aliphatic heterocycles. The third-order valence-electron chi connectivity index (χ3n) is 5.10. The van der Waals surface area contributed by atoms with Crippen molar-refractivity contribution in [2.24, 2.45) is 0 Å². The fourth-order valence-corrected chi connectivity index (χ4v) is 4.95. The summed E-state index contributed by atoms with van der Waals surface area (Å²) in [5, 5.41) is 0. The number of imidazole rings is 1. The molecule has 5 aromatic rings. The van der Waals surface area contributed by atoms with Crippen molar-refractivity contribution in [3.05, 3.63) is 97.0 Å². The van der Waals surface area contributed by atoms with E-state index in [1.807, 2.05) is 49.4 Å². The van der Waals surface area contributed by atoms with Gasteiger partial charge < -0.3 is 9.47 Å². The Morgan fingerprint density at radius 2 is 1.85 bits per heavy atom. The highest BCUT2D eigenvalue weighted by Gasteiger charge is 2.13. The van der Waals surface area contributed by atoms with E-state index in [4.69, 9.17) is 9.47 Å². The Morgan fingerprint density at radius 1 is 1.09 bits per heavy atom. The fraction of sp³-hybridized carbons (Fsp3) is 0.120. The molecule has 5 rings (SSSR count). The van der Waals surface area contributed by atoms with Gasteiger partial charge in [0.2, 0.25) is 0 Å². The Labute approximate surface area is 200 Å². The van der Waals surface area contributed by atoms with Gasteiger partial charge in [-0.25, -0.2) is 13.8 Å². The van der Waals surface area contributed by atoms with Crippen LogP contribution in [0.2, 0.25) is 0 Å². The summed E-state index contributed by atoms with van der Waals surface area (Å²) in [5.74, 6) is 0.830. The van der Waals surface area contributed by atoms with Gasteiger partial charge in [0.05, 0.1) is 22.2 Å². The molecule has 8 heteroatoms. The van der Waals surface area contributed by atoms with Crippen molar-refractivity contribution in [1.29, 1.82) is 0 Å². The first-order chi connectivity index (χ1) is 16.0. The number of fused-ring (bicyclic) bond motifs is 3. The molecular weight excluding hydrogens is 507 g/mol. The van der Waals surface area contributed by atoms with Crippen molar-refractivity contribution < 1.29 is 13.9 Å². The van der Waals surface area contributed by atoms with E-state index < -0.39 is 0 Å². The second-order valence-corrected chi connectivity index (χ2v) is 9.17. The lowest BCUT2D eigenvalue weighted by molar-refractivity contribution is 0.269. The fourth-order valence-electron chi connectivity index (χ4n) is 3.54. The molecule has 0 spiro atoms. The summed E-state index contributed by atoms with van der Waals surface area (Å²) in [5.41, 5.74) is 3.13. The molecule has 0 aliphatic rings. The van der Waals surface area contributed by atoms with E-state index in [1.165, 1.54) is 23.5 Å². The maximum Gasteiger partial charge on any atom is 0.274 e. The number of hydrogen-bond acceptors (Lipinski definition) is 5. The van der Waals surface area contributed by atoms with Crippen LogP contribution in [0.3, 0.4) is 0 Å². The molecule has 0 bridgehead atoms. The molecule has 0 amide bonds. The van der Waals surface area contributed by atoms with Crippen LogP contribution in [0.15, 0.2) is 69.9 Å². The highest BCUT2D eigenvalue weighted by molar-refractivity contribution is 9.10. The molecule has 0 atom stereocenters. The van der Waals surface area contributed by atoms with E-state index in [2.05, 4.69) is 20.9 Å². The van der Waals surface area contributed by atoms with Crippen LogP contribution in [0.5, 0.6) is 11.5 Å². The minimum absolute atomic E-state index is 0.106. The highest BCUT2D eigenvalue weighted by Crippen LogP contribution is 2.35. The summed E-state index contributed by atoms with van der Waals surface area (Å²) in [4.78, 5) is 18.3. The van der Waals surface area contributed by atoms with Gasteiger partial charge in [0.1, 0.15) is 12.4 Å². The molecule has 0 saturated carbocycles. The second-order valence-electron chi connectivity index (χ2n) is 7.30. The molecule has 5 nitrogen and oxygen atoms in total. The van der Waals surface area contributed by atoms with Crippen molar-refractivity contribution in [2.75, 3.05) is 6.61 Å². The minimum Gasteiger partial charge on any atom is -0.490 e. The van der Waals surface area contributed by atoms with E-state index in [0.29, 0.717) is 27.6 Å². The van der Waals surface area contributed by atoms with Crippen molar-refractivity contribution in [2.45, 2.75) is 13.5 Å². The average Bonchev–Trinajstić information content (AvgIpc) is 3.32. The molecule has 33 heavy (non-hydrogen) atoms. The third-order valence-corrected chi connectivity index (χ3v) is 6.76. The summed E-state index contributed by atoms with van der Waals surface area (Å²) < 4.78 is 27.9. The highest BCUT2D eigenvalue weighted by atomic mass is 79.9. The maximum atomic E-state index is 13.1. The quantitative estimate of drug-likeness (QED) is 0.301. The largest absolute Gasteiger partial charge is 0.490 e. The Hall–Kier alpha value is -3.23. The molecule has 166 valence electrons. The van der Waals surface area contributed by atoms with E-state index in [0.717, 1.165) is 26.6 Å². The standard InChI is InChI=1S/C25H18BrFN2O3S/c1-2-31-21-11-16(18(26)13-22(21)32-14-15-7-9-17(27)10-8-15)12-23-24(30)29-20-6-4-3-5-19(20)28-25(29)33-23/h3-13H,2,14H2,1H3. The molecule has 0 radical (unpaired) electrons. The molecule has 0 saturated heterocycles. The van der Waals surface area contributed by atoms with Crippen LogP contribution < -0.4 is 19.6 Å². The zero-order chi connectivity index (χ0) is 22.9. The normalized spacial score (nSPS) is 12.0. The van der Waals surface area contributed by atoms with Gasteiger partial charge in [-0.2, -0.15) is 0 Å². The third kappa shape index (κ3) is 4.24. The van der Waals surface area contributed by atoms with Gasteiger partial charge in [0, 0.05) is 4.47 Å². The molecule has 2 heterocycles. The number of hydrogen-bond donors (Lipinski definition) is 0. The summed E-state index contributed by atoms with van der Waals surface area (Å²) in [7, 11) is 0. The van der Waals surface area contributed by atoms with Crippen LogP contribution in [0.4, 0.5) is 4.39 Å². The molecular formula is C25H18BrFN2O3S. The number of benzene rings is 3. The number of thiazole rings is 1. The first-order valence-electron chi connectivity index (χ1n) is 10.3. The average molecular weight is 525 g/mol. The first kappa shape index (κ1) is 21.6. The van der Waals surface area contributed by atoms with E-state index in [1.54, 1.807) is 16.5 Å². The van der Waals surface area contributed by atoms with Crippen LogP contribution in [-0.4, -0.2) is 16.0 Å². The SMILES string of the molecule is CCOc1cc(C=c2sc3nc4ccccc4n3c2=O)c(Br)cc1OCc1ccc(F)cc1. The van der Waals surface area contributed by atoms with Crippen molar-refractivity contribution in [1.82, 2.24) is 9.38 Å². The zero-order valence-electron chi connectivity index (χ0n) is 17.5. The van der Waals surface area contributed by atoms with Crippen LogP contribution >= 0.6 is 27.3 Å². The first-order valence-corrected chi connectivity index (χ1v) is 11.9. The van der Waals surface area contributed by atoms with Gasteiger partial charge in [-0.3, -0.25) is 4.79 Å². The van der Waals surface area contributed by atoms with Crippen molar-refractivity contribution >= 4 is 49.3 Å². The van der Waals surface area contributed by atoms with Gasteiger partial charge in [-0.1, -0.05) is 51.5 Å². The second kappa shape index (κ2) is 8.96. The Balaban J connectivity index is 1.52. The van der Waals surface area contributed by atoms with Crippen LogP contribution in [0.1, 0.15) is 18.1 Å². The summed E-state index contributed by atoms with van der Waals surface area (Å²) in [6, 6.07) is 17.4. The summed E-state index contributed by atoms with van der Waals surface area (Å²) >= 11 is 4.93. The predicted molar refractivity (Wildman–Crippen MR) is 132 cm³/mol. The van der Waals surface area contributed by atoms with Gasteiger partial charge in [-0.05, 0) is 60.5 Å². The van der Waals surface area contributed by atoms with Gasteiger partial charge in [0.25, 0.3) is 5.56 Å². The molecule has 0 aliphatic carbocycles. The van der Waals surface area contributed by atoms with Gasteiger partial charge in [-0.15, -0.1) is 0 Å². The smallest absolute Gasteiger partial charge is 0.274 e. The van der Waals surface area contributed by atoms with Crippen LogP contribution in [-0.2, 0) is 6.61 Å². The monoisotopic (exact) mass is 524 g/mol. The maximum absolute atomic E-state index is 13.1. The number of para-hydroxylation sites is 2. The van der Waals surface area contributed by atoms with Crippen LogP contribution in [0.25, 0.3) is 22.1 Å².